The van der Waals surface area contributed by atoms with Gasteiger partial charge in [0.05, 0.1) is 10.7 Å². The van der Waals surface area contributed by atoms with Gasteiger partial charge in [0.2, 0.25) is 0 Å². The Hall–Kier alpha value is -0.620. The molecular formula is C11H15F3N2S. The number of rotatable bonds is 2. The number of likely N-dealkylation sites (tertiary alicyclic amines) is 1. The fraction of sp³-hybridized carbons (Fsp3) is 0.727. The van der Waals surface area contributed by atoms with Crippen molar-refractivity contribution in [1.29, 1.82) is 0 Å². The summed E-state index contributed by atoms with van der Waals surface area (Å²) >= 11 is 1.48. The van der Waals surface area contributed by atoms with Gasteiger partial charge in [0.1, 0.15) is 6.04 Å². The third-order valence-electron chi connectivity index (χ3n) is 3.02. The molecule has 1 aromatic heterocycles. The van der Waals surface area contributed by atoms with Crippen molar-refractivity contribution in [2.75, 3.05) is 6.54 Å². The molecule has 96 valence electrons. The van der Waals surface area contributed by atoms with Crippen molar-refractivity contribution in [3.8, 4) is 0 Å². The van der Waals surface area contributed by atoms with Crippen LogP contribution in [0.2, 0.25) is 0 Å². The van der Waals surface area contributed by atoms with Crippen molar-refractivity contribution in [3.05, 3.63) is 16.1 Å². The van der Waals surface area contributed by atoms with Crippen molar-refractivity contribution < 1.29 is 13.2 Å². The molecule has 2 nitrogen and oxygen atoms in total. The van der Waals surface area contributed by atoms with Gasteiger partial charge >= 0.3 is 6.18 Å². The quantitative estimate of drug-likeness (QED) is 0.814. The zero-order valence-electron chi connectivity index (χ0n) is 9.63. The van der Waals surface area contributed by atoms with Crippen LogP contribution in [0.4, 0.5) is 13.2 Å². The van der Waals surface area contributed by atoms with E-state index in [0.717, 1.165) is 17.1 Å². The van der Waals surface area contributed by atoms with Crippen LogP contribution in [0.15, 0.2) is 5.38 Å². The molecule has 0 aliphatic carbocycles. The maximum atomic E-state index is 12.8. The summed E-state index contributed by atoms with van der Waals surface area (Å²) in [6.45, 7) is 2.70. The van der Waals surface area contributed by atoms with E-state index in [1.54, 1.807) is 0 Å². The first-order chi connectivity index (χ1) is 7.97. The third kappa shape index (κ3) is 3.19. The largest absolute Gasteiger partial charge is 0.404 e. The molecule has 1 saturated heterocycles. The van der Waals surface area contributed by atoms with Gasteiger partial charge in [0.25, 0.3) is 0 Å². The molecule has 0 spiro atoms. The molecule has 2 rings (SSSR count). The Kier molecular flexibility index (Phi) is 3.73. The summed E-state index contributed by atoms with van der Waals surface area (Å²) in [7, 11) is 0. The van der Waals surface area contributed by atoms with E-state index < -0.39 is 12.2 Å². The second-order valence-corrected chi connectivity index (χ2v) is 5.44. The standard InChI is InChI=1S/C11H15F3N2S/c1-8-15-9(7-17-8)6-16-5-3-2-4-10(16)11(12,13)14/h7,10H,2-6H2,1H3/t10-/m1/s1. The molecule has 1 aromatic rings. The number of thiazole rings is 1. The van der Waals surface area contributed by atoms with Crippen LogP contribution in [0.1, 0.15) is 30.0 Å². The van der Waals surface area contributed by atoms with Crippen LogP contribution in [0.5, 0.6) is 0 Å². The Morgan fingerprint density at radius 3 is 2.82 bits per heavy atom. The Balaban J connectivity index is 2.06. The predicted octanol–water partition coefficient (Wildman–Crippen LogP) is 3.37. The summed E-state index contributed by atoms with van der Waals surface area (Å²) in [6, 6.07) is -1.29. The molecule has 1 fully saturated rings. The molecule has 1 aliphatic rings. The number of hydrogen-bond donors (Lipinski definition) is 0. The van der Waals surface area contributed by atoms with Crippen LogP contribution < -0.4 is 0 Å². The maximum absolute atomic E-state index is 12.8. The van der Waals surface area contributed by atoms with E-state index in [0.29, 0.717) is 19.5 Å². The normalized spacial score (nSPS) is 22.9. The van der Waals surface area contributed by atoms with Crippen LogP contribution in [0.3, 0.4) is 0 Å². The summed E-state index contributed by atoms with van der Waals surface area (Å²) in [5.41, 5.74) is 0.753. The molecule has 1 aliphatic heterocycles. The lowest BCUT2D eigenvalue weighted by molar-refractivity contribution is -0.192. The second kappa shape index (κ2) is 4.94. The zero-order chi connectivity index (χ0) is 12.5. The first-order valence-corrected chi connectivity index (χ1v) is 6.56. The van der Waals surface area contributed by atoms with Crippen LogP contribution in [0.25, 0.3) is 0 Å². The maximum Gasteiger partial charge on any atom is 0.404 e. The highest BCUT2D eigenvalue weighted by atomic mass is 32.1. The molecule has 1 atom stereocenters. The Morgan fingerprint density at radius 2 is 2.24 bits per heavy atom. The van der Waals surface area contributed by atoms with Crippen molar-refractivity contribution in [3.63, 3.8) is 0 Å². The van der Waals surface area contributed by atoms with Gasteiger partial charge in [-0.05, 0) is 26.3 Å². The van der Waals surface area contributed by atoms with E-state index in [4.69, 9.17) is 0 Å². The molecule has 0 amide bonds. The fourth-order valence-electron chi connectivity index (χ4n) is 2.24. The highest BCUT2D eigenvalue weighted by molar-refractivity contribution is 7.09. The van der Waals surface area contributed by atoms with Gasteiger partial charge < -0.3 is 0 Å². The molecule has 6 heteroatoms. The van der Waals surface area contributed by atoms with Gasteiger partial charge in [-0.25, -0.2) is 4.98 Å². The number of aromatic nitrogens is 1. The number of piperidine rings is 1. The molecule has 0 bridgehead atoms. The minimum Gasteiger partial charge on any atom is -0.286 e. The van der Waals surface area contributed by atoms with Crippen LogP contribution in [-0.2, 0) is 6.54 Å². The number of hydrogen-bond acceptors (Lipinski definition) is 3. The monoisotopic (exact) mass is 264 g/mol. The highest BCUT2D eigenvalue weighted by Crippen LogP contribution is 2.32. The Labute approximate surface area is 102 Å². The molecule has 17 heavy (non-hydrogen) atoms. The van der Waals surface area contributed by atoms with Gasteiger partial charge in [-0.2, -0.15) is 13.2 Å². The summed E-state index contributed by atoms with van der Waals surface area (Å²) in [5.74, 6) is 0. The van der Waals surface area contributed by atoms with Crippen molar-refractivity contribution in [2.45, 2.75) is 44.9 Å². The average molecular weight is 264 g/mol. The smallest absolute Gasteiger partial charge is 0.286 e. The molecule has 0 radical (unpaired) electrons. The molecule has 0 N–H and O–H groups in total. The summed E-state index contributed by atoms with van der Waals surface area (Å²) < 4.78 is 38.5. The second-order valence-electron chi connectivity index (χ2n) is 4.38. The van der Waals surface area contributed by atoms with E-state index in [1.165, 1.54) is 16.2 Å². The average Bonchev–Trinajstić information content (AvgIpc) is 2.63. The third-order valence-corrected chi connectivity index (χ3v) is 3.85. The van der Waals surface area contributed by atoms with Crippen LogP contribution in [0, 0.1) is 6.92 Å². The Bertz CT molecular complexity index is 375. The molecule has 2 heterocycles. The van der Waals surface area contributed by atoms with Gasteiger partial charge in [-0.1, -0.05) is 6.42 Å². The fourth-order valence-corrected chi connectivity index (χ4v) is 2.84. The van der Waals surface area contributed by atoms with Crippen molar-refractivity contribution in [2.24, 2.45) is 0 Å². The summed E-state index contributed by atoms with van der Waals surface area (Å²) in [6.07, 6.45) is -2.40. The summed E-state index contributed by atoms with van der Waals surface area (Å²) in [4.78, 5) is 5.74. The van der Waals surface area contributed by atoms with Gasteiger partial charge in [-0.3, -0.25) is 4.90 Å². The van der Waals surface area contributed by atoms with Crippen LogP contribution >= 0.6 is 11.3 Å². The predicted molar refractivity (Wildman–Crippen MR) is 61.0 cm³/mol. The molecule has 0 aromatic carbocycles. The first-order valence-electron chi connectivity index (χ1n) is 5.68. The Morgan fingerprint density at radius 1 is 1.47 bits per heavy atom. The minimum atomic E-state index is -4.12. The van der Waals surface area contributed by atoms with Crippen molar-refractivity contribution >= 4 is 11.3 Å². The van der Waals surface area contributed by atoms with E-state index in [2.05, 4.69) is 4.98 Å². The number of nitrogens with zero attached hydrogens (tertiary/aromatic N) is 2. The molecule has 0 saturated carbocycles. The first kappa shape index (κ1) is 12.8. The molecular weight excluding hydrogens is 249 g/mol. The summed E-state index contributed by atoms with van der Waals surface area (Å²) in [5, 5.41) is 2.75. The van der Waals surface area contributed by atoms with E-state index in [-0.39, 0.29) is 6.42 Å². The lowest BCUT2D eigenvalue weighted by Gasteiger charge is -2.36. The SMILES string of the molecule is Cc1nc(CN2CCCC[C@@H]2C(F)(F)F)cs1. The minimum absolute atomic E-state index is 0.215. The van der Waals surface area contributed by atoms with Gasteiger partial charge in [0, 0.05) is 11.9 Å². The number of alkyl halides is 3. The zero-order valence-corrected chi connectivity index (χ0v) is 10.4. The van der Waals surface area contributed by atoms with Crippen LogP contribution in [-0.4, -0.2) is 28.6 Å². The van der Waals surface area contributed by atoms with E-state index >= 15 is 0 Å². The lowest BCUT2D eigenvalue weighted by Crippen LogP contribution is -2.48. The topological polar surface area (TPSA) is 16.1 Å². The number of halogens is 3. The van der Waals surface area contributed by atoms with Gasteiger partial charge in [-0.15, -0.1) is 11.3 Å². The van der Waals surface area contributed by atoms with E-state index in [9.17, 15) is 13.2 Å². The number of aryl methyl sites for hydroxylation is 1. The van der Waals surface area contributed by atoms with Crippen molar-refractivity contribution in [1.82, 2.24) is 9.88 Å². The molecule has 0 unspecified atom stereocenters. The van der Waals surface area contributed by atoms with Gasteiger partial charge in [0.15, 0.2) is 0 Å². The van der Waals surface area contributed by atoms with E-state index in [1.807, 2.05) is 12.3 Å². The lowest BCUT2D eigenvalue weighted by atomic mass is 10.0. The highest BCUT2D eigenvalue weighted by Gasteiger charge is 2.44.